The summed E-state index contributed by atoms with van der Waals surface area (Å²) in [6, 6.07) is 2.28. The molecule has 1 amide bonds. The number of hydrogen-bond acceptors (Lipinski definition) is 2. The van der Waals surface area contributed by atoms with Crippen molar-refractivity contribution in [1.82, 2.24) is 4.90 Å². The summed E-state index contributed by atoms with van der Waals surface area (Å²) in [5.74, 6) is 0.842. The number of carbonyl (C=O) groups is 1. The molecule has 100 valence electrons. The number of halogens is 2. The van der Waals surface area contributed by atoms with Crippen LogP contribution in [0.15, 0.2) is 14.3 Å². The van der Waals surface area contributed by atoms with Gasteiger partial charge in [0.2, 0.25) is 0 Å². The third-order valence-electron chi connectivity index (χ3n) is 3.67. The summed E-state index contributed by atoms with van der Waals surface area (Å²) in [5, 5.41) is 0. The lowest BCUT2D eigenvalue weighted by Gasteiger charge is -2.37. The number of hydrogen-bond donors (Lipinski definition) is 0. The van der Waals surface area contributed by atoms with Crippen molar-refractivity contribution < 1.29 is 4.79 Å². The van der Waals surface area contributed by atoms with Crippen LogP contribution in [0.2, 0.25) is 0 Å². The third-order valence-corrected chi connectivity index (χ3v) is 6.92. The lowest BCUT2D eigenvalue weighted by Crippen LogP contribution is -2.45. The average Bonchev–Trinajstić information content (AvgIpc) is 2.69. The van der Waals surface area contributed by atoms with E-state index in [9.17, 15) is 4.79 Å². The monoisotopic (exact) mass is 393 g/mol. The molecule has 2 atom stereocenters. The van der Waals surface area contributed by atoms with E-state index in [1.165, 1.54) is 17.8 Å². The van der Waals surface area contributed by atoms with Crippen LogP contribution in [-0.4, -0.2) is 23.4 Å². The lowest BCUT2D eigenvalue weighted by atomic mass is 9.91. The quantitative estimate of drug-likeness (QED) is 0.696. The highest BCUT2D eigenvalue weighted by atomic mass is 79.9. The molecular weight excluding hydrogens is 378 g/mol. The predicted octanol–water partition coefficient (Wildman–Crippen LogP) is 4.92. The number of likely N-dealkylation sites (tertiary alicyclic amines) is 1. The molecule has 0 aliphatic carbocycles. The van der Waals surface area contributed by atoms with Crippen LogP contribution in [0.4, 0.5) is 0 Å². The van der Waals surface area contributed by atoms with Crippen molar-refractivity contribution in [3.8, 4) is 0 Å². The van der Waals surface area contributed by atoms with Gasteiger partial charge in [-0.25, -0.2) is 0 Å². The highest BCUT2D eigenvalue weighted by Gasteiger charge is 2.29. The molecule has 1 aliphatic heterocycles. The van der Waals surface area contributed by atoms with Gasteiger partial charge in [-0.15, -0.1) is 11.3 Å². The lowest BCUT2D eigenvalue weighted by molar-refractivity contribution is 0.0561. The molecule has 1 saturated heterocycles. The van der Waals surface area contributed by atoms with Crippen molar-refractivity contribution in [3.05, 3.63) is 19.2 Å². The van der Waals surface area contributed by atoms with Crippen LogP contribution >= 0.6 is 43.2 Å². The molecule has 1 aromatic heterocycles. The SMILES string of the molecule is CCC1CCC(C)N(C(=O)c2cc(Br)c(Br)s2)C1. The fourth-order valence-electron chi connectivity index (χ4n) is 2.39. The van der Waals surface area contributed by atoms with Crippen molar-refractivity contribution in [2.75, 3.05) is 6.54 Å². The summed E-state index contributed by atoms with van der Waals surface area (Å²) in [7, 11) is 0. The van der Waals surface area contributed by atoms with Crippen molar-refractivity contribution in [2.45, 2.75) is 39.2 Å². The van der Waals surface area contributed by atoms with Crippen LogP contribution in [-0.2, 0) is 0 Å². The van der Waals surface area contributed by atoms with E-state index in [1.807, 2.05) is 11.0 Å². The van der Waals surface area contributed by atoms with E-state index in [0.29, 0.717) is 12.0 Å². The summed E-state index contributed by atoms with van der Waals surface area (Å²) in [5.41, 5.74) is 0. The number of nitrogens with zero attached hydrogens (tertiary/aromatic N) is 1. The van der Waals surface area contributed by atoms with E-state index in [-0.39, 0.29) is 5.91 Å². The second-order valence-corrected chi connectivity index (χ2v) is 8.11. The highest BCUT2D eigenvalue weighted by Crippen LogP contribution is 2.34. The Morgan fingerprint density at radius 1 is 1.50 bits per heavy atom. The molecule has 18 heavy (non-hydrogen) atoms. The molecule has 1 fully saturated rings. The first kappa shape index (κ1) is 14.5. The van der Waals surface area contributed by atoms with Crippen LogP contribution in [0.1, 0.15) is 42.8 Å². The summed E-state index contributed by atoms with van der Waals surface area (Å²) >= 11 is 8.40. The van der Waals surface area contributed by atoms with E-state index >= 15 is 0 Å². The molecule has 0 aromatic carbocycles. The topological polar surface area (TPSA) is 20.3 Å². The maximum atomic E-state index is 12.5. The van der Waals surface area contributed by atoms with Crippen LogP contribution < -0.4 is 0 Å². The first-order chi connectivity index (χ1) is 8.52. The molecule has 1 aliphatic rings. The van der Waals surface area contributed by atoms with Crippen molar-refractivity contribution >= 4 is 49.1 Å². The minimum Gasteiger partial charge on any atom is -0.335 e. The second kappa shape index (κ2) is 6.06. The Hall–Kier alpha value is 0.130. The third kappa shape index (κ3) is 2.99. The van der Waals surface area contributed by atoms with Gasteiger partial charge in [0.25, 0.3) is 5.91 Å². The Kier molecular flexibility index (Phi) is 4.89. The van der Waals surface area contributed by atoms with E-state index in [0.717, 1.165) is 32.5 Å². The van der Waals surface area contributed by atoms with Gasteiger partial charge >= 0.3 is 0 Å². The normalized spacial score (nSPS) is 24.3. The van der Waals surface area contributed by atoms with Gasteiger partial charge in [-0.05, 0) is 63.6 Å². The van der Waals surface area contributed by atoms with Crippen molar-refractivity contribution in [2.24, 2.45) is 5.92 Å². The number of rotatable bonds is 2. The minimum atomic E-state index is 0.178. The van der Waals surface area contributed by atoms with Gasteiger partial charge in [-0.1, -0.05) is 13.3 Å². The van der Waals surface area contributed by atoms with Crippen LogP contribution in [0.5, 0.6) is 0 Å². The van der Waals surface area contributed by atoms with Gasteiger partial charge in [0, 0.05) is 17.1 Å². The Labute approximate surface area is 129 Å². The molecule has 0 N–H and O–H groups in total. The largest absolute Gasteiger partial charge is 0.335 e. The maximum Gasteiger partial charge on any atom is 0.264 e. The Morgan fingerprint density at radius 3 is 2.78 bits per heavy atom. The molecule has 0 radical (unpaired) electrons. The van der Waals surface area contributed by atoms with Gasteiger partial charge < -0.3 is 4.90 Å². The maximum absolute atomic E-state index is 12.5. The van der Waals surface area contributed by atoms with Crippen molar-refractivity contribution in [1.29, 1.82) is 0 Å². The summed E-state index contributed by atoms with van der Waals surface area (Å²) in [4.78, 5) is 15.4. The number of carbonyl (C=O) groups excluding carboxylic acids is 1. The Morgan fingerprint density at radius 2 is 2.22 bits per heavy atom. The van der Waals surface area contributed by atoms with E-state index in [4.69, 9.17) is 0 Å². The highest BCUT2D eigenvalue weighted by molar-refractivity contribution is 9.13. The van der Waals surface area contributed by atoms with Gasteiger partial charge in [0.05, 0.1) is 8.66 Å². The van der Waals surface area contributed by atoms with E-state index in [2.05, 4.69) is 45.7 Å². The summed E-state index contributed by atoms with van der Waals surface area (Å²) < 4.78 is 1.95. The fraction of sp³-hybridized carbons (Fsp3) is 0.615. The second-order valence-electron chi connectivity index (χ2n) is 4.89. The average molecular weight is 395 g/mol. The van der Waals surface area contributed by atoms with Gasteiger partial charge in [0.1, 0.15) is 0 Å². The van der Waals surface area contributed by atoms with Gasteiger partial charge in [-0.2, -0.15) is 0 Å². The van der Waals surface area contributed by atoms with E-state index < -0.39 is 0 Å². The number of thiophene rings is 1. The predicted molar refractivity (Wildman–Crippen MR) is 83.2 cm³/mol. The van der Waals surface area contributed by atoms with Gasteiger partial charge in [0.15, 0.2) is 0 Å². The molecular formula is C13H17Br2NOS. The first-order valence-electron chi connectivity index (χ1n) is 6.28. The molecule has 2 unspecified atom stereocenters. The molecule has 1 aromatic rings. The van der Waals surface area contributed by atoms with Crippen LogP contribution in [0.25, 0.3) is 0 Å². The molecule has 5 heteroatoms. The van der Waals surface area contributed by atoms with Crippen LogP contribution in [0, 0.1) is 5.92 Å². The summed E-state index contributed by atoms with van der Waals surface area (Å²) in [6.45, 7) is 5.27. The Balaban J connectivity index is 2.16. The van der Waals surface area contributed by atoms with Crippen molar-refractivity contribution in [3.63, 3.8) is 0 Å². The summed E-state index contributed by atoms with van der Waals surface area (Å²) in [6.07, 6.45) is 3.53. The van der Waals surface area contributed by atoms with Crippen LogP contribution in [0.3, 0.4) is 0 Å². The number of piperidine rings is 1. The van der Waals surface area contributed by atoms with Gasteiger partial charge in [-0.3, -0.25) is 4.79 Å². The molecule has 0 saturated carbocycles. The fourth-order valence-corrected chi connectivity index (χ4v) is 4.38. The smallest absolute Gasteiger partial charge is 0.264 e. The molecule has 2 rings (SSSR count). The molecule has 0 bridgehead atoms. The first-order valence-corrected chi connectivity index (χ1v) is 8.69. The molecule has 2 heterocycles. The zero-order valence-electron chi connectivity index (χ0n) is 10.6. The molecule has 0 spiro atoms. The standard InChI is InChI=1S/C13H17Br2NOS/c1-3-9-5-4-8(2)16(7-9)13(17)11-6-10(14)12(15)18-11/h6,8-9H,3-5,7H2,1-2H3. The molecule has 2 nitrogen and oxygen atoms in total. The Bertz CT molecular complexity index is 427. The number of amides is 1. The van der Waals surface area contributed by atoms with E-state index in [1.54, 1.807) is 0 Å². The zero-order valence-corrected chi connectivity index (χ0v) is 14.6. The zero-order chi connectivity index (χ0) is 13.3. The minimum absolute atomic E-state index is 0.178.